The van der Waals surface area contributed by atoms with Crippen LogP contribution in [0.5, 0.6) is 5.75 Å². The molecule has 0 aliphatic rings. The molecule has 0 bridgehead atoms. The zero-order valence-electron chi connectivity index (χ0n) is 13.6. The van der Waals surface area contributed by atoms with Crippen LogP contribution in [0.1, 0.15) is 40.2 Å². The number of aryl methyl sites for hydroxylation is 1. The number of benzene rings is 1. The largest absolute Gasteiger partial charge is 0.461 e. The monoisotopic (exact) mass is 310 g/mol. The topological polar surface area (TPSA) is 9.23 Å². The molecule has 0 aromatic heterocycles. The number of ether oxygens (including phenoxy) is 1. The van der Waals surface area contributed by atoms with Gasteiger partial charge >= 0.3 is 12.5 Å². The summed E-state index contributed by atoms with van der Waals surface area (Å²) in [6.45, 7) is 14.7. The third kappa shape index (κ3) is 12.0. The number of hydrogen-bond donors (Lipinski definition) is 0. The first kappa shape index (κ1) is 24.5. The van der Waals surface area contributed by atoms with Gasteiger partial charge < -0.3 is 4.74 Å². The Balaban J connectivity index is -0.000000399. The minimum atomic E-state index is -4.44. The lowest BCUT2D eigenvalue weighted by Crippen LogP contribution is -2.33. The average molecular weight is 310 g/mol. The van der Waals surface area contributed by atoms with Gasteiger partial charge in [0, 0.05) is 0 Å². The Morgan fingerprint density at radius 1 is 1.10 bits per heavy atom. The van der Waals surface area contributed by atoms with Crippen molar-refractivity contribution in [2.24, 2.45) is 0 Å². The van der Waals surface area contributed by atoms with E-state index in [1.54, 1.807) is 12.1 Å². The Bertz CT molecular complexity index is 352. The number of halogens is 4. The van der Waals surface area contributed by atoms with Gasteiger partial charge in [0.05, 0.1) is 0 Å². The van der Waals surface area contributed by atoms with E-state index in [4.69, 9.17) is 0 Å². The summed E-state index contributed by atoms with van der Waals surface area (Å²) in [6, 6.07) is 5.75. The van der Waals surface area contributed by atoms with Gasteiger partial charge in [0.25, 0.3) is 0 Å². The molecular weight excluding hydrogens is 284 g/mol. The first-order chi connectivity index (χ1) is 9.85. The van der Waals surface area contributed by atoms with Crippen LogP contribution in [0.2, 0.25) is 0 Å². The van der Waals surface area contributed by atoms with Crippen LogP contribution in [-0.2, 0) is 0 Å². The normalized spacial score (nSPS) is 9.10. The maximum absolute atomic E-state index is 12.4. The van der Waals surface area contributed by atoms with Gasteiger partial charge in [-0.3, -0.25) is 0 Å². The molecule has 1 nitrogen and oxygen atoms in total. The predicted octanol–water partition coefficient (Wildman–Crippen LogP) is 6.48. The molecule has 1 aromatic rings. The molecule has 0 saturated carbocycles. The summed E-state index contributed by atoms with van der Waals surface area (Å²) in [7, 11) is 0. The summed E-state index contributed by atoms with van der Waals surface area (Å²) >= 11 is 0. The molecule has 0 atom stereocenters. The van der Waals surface area contributed by atoms with Crippen LogP contribution in [0, 0.1) is 6.92 Å². The van der Waals surface area contributed by atoms with Gasteiger partial charge in [-0.1, -0.05) is 52.0 Å². The van der Waals surface area contributed by atoms with Crippen molar-refractivity contribution in [3.8, 4) is 5.75 Å². The number of hydrogen-bond acceptors (Lipinski definition) is 1. The van der Waals surface area contributed by atoms with E-state index in [-0.39, 0.29) is 5.75 Å². The van der Waals surface area contributed by atoms with E-state index in [2.05, 4.69) is 11.3 Å². The van der Waals surface area contributed by atoms with Crippen molar-refractivity contribution in [1.82, 2.24) is 0 Å². The van der Waals surface area contributed by atoms with E-state index in [9.17, 15) is 17.6 Å². The minimum absolute atomic E-state index is 0.238. The molecule has 1 rings (SSSR count). The summed E-state index contributed by atoms with van der Waals surface area (Å²) in [5.74, 6) is -0.238. The molecular formula is C16H26F4O. The Morgan fingerprint density at radius 3 is 1.81 bits per heavy atom. The summed E-state index contributed by atoms with van der Waals surface area (Å²) in [5.41, 5.74) is 0.382. The molecule has 21 heavy (non-hydrogen) atoms. The van der Waals surface area contributed by atoms with Crippen LogP contribution in [0.4, 0.5) is 17.6 Å². The second-order valence-corrected chi connectivity index (χ2v) is 3.14. The minimum Gasteiger partial charge on any atom is -0.428 e. The molecule has 0 N–H and O–H groups in total. The standard InChI is InChI=1S/C9H8F4O.C3H6.2C2H6/c1-6-4-2-3-5-7(6)14-9(12,13)8(10)11;1-3-2;2*1-2/h2-5,8H,1H3;3H,1H2,2H3;2*1-2H3. The summed E-state index contributed by atoms with van der Waals surface area (Å²) < 4.78 is 52.3. The molecule has 0 aliphatic carbocycles. The molecule has 0 fully saturated rings. The highest BCUT2D eigenvalue weighted by Crippen LogP contribution is 2.29. The molecule has 0 amide bonds. The van der Waals surface area contributed by atoms with Crippen molar-refractivity contribution in [2.75, 3.05) is 0 Å². The van der Waals surface area contributed by atoms with E-state index in [0.29, 0.717) is 5.56 Å². The van der Waals surface area contributed by atoms with Gasteiger partial charge in [-0.25, -0.2) is 0 Å². The van der Waals surface area contributed by atoms with Crippen LogP contribution in [0.15, 0.2) is 36.9 Å². The number of alkyl halides is 4. The van der Waals surface area contributed by atoms with Crippen molar-refractivity contribution in [3.63, 3.8) is 0 Å². The summed E-state index contributed by atoms with van der Waals surface area (Å²) in [6.07, 6.45) is -6.52. The van der Waals surface area contributed by atoms with Gasteiger partial charge in [0.1, 0.15) is 5.75 Å². The number of allylic oxidation sites excluding steroid dienone is 1. The van der Waals surface area contributed by atoms with Crippen molar-refractivity contribution < 1.29 is 22.3 Å². The Labute approximate surface area is 125 Å². The predicted molar refractivity (Wildman–Crippen MR) is 81.3 cm³/mol. The van der Waals surface area contributed by atoms with Crippen LogP contribution in [-0.4, -0.2) is 12.5 Å². The fraction of sp³-hybridized carbons (Fsp3) is 0.500. The highest BCUT2D eigenvalue weighted by atomic mass is 19.3. The zero-order valence-corrected chi connectivity index (χ0v) is 13.6. The van der Waals surface area contributed by atoms with Crippen molar-refractivity contribution in [1.29, 1.82) is 0 Å². The van der Waals surface area contributed by atoms with Crippen LogP contribution >= 0.6 is 0 Å². The lowest BCUT2D eigenvalue weighted by atomic mass is 10.2. The van der Waals surface area contributed by atoms with Crippen molar-refractivity contribution in [3.05, 3.63) is 42.5 Å². The first-order valence-electron chi connectivity index (χ1n) is 6.82. The Hall–Kier alpha value is -1.52. The maximum atomic E-state index is 12.4. The SMILES string of the molecule is C=CC.CC.CC.Cc1ccccc1OC(F)(F)C(F)F. The smallest absolute Gasteiger partial charge is 0.428 e. The third-order valence-corrected chi connectivity index (χ3v) is 1.59. The second kappa shape index (κ2) is 14.9. The lowest BCUT2D eigenvalue weighted by molar-refractivity contribution is -0.253. The molecule has 1 aromatic carbocycles. The average Bonchev–Trinajstić information content (AvgIpc) is 2.46. The fourth-order valence-corrected chi connectivity index (χ4v) is 0.862. The van der Waals surface area contributed by atoms with Gasteiger partial charge in [-0.2, -0.15) is 17.6 Å². The third-order valence-electron chi connectivity index (χ3n) is 1.59. The van der Waals surface area contributed by atoms with E-state index in [1.807, 2.05) is 34.6 Å². The Morgan fingerprint density at radius 2 is 1.48 bits per heavy atom. The highest BCUT2D eigenvalue weighted by molar-refractivity contribution is 5.32. The maximum Gasteiger partial charge on any atom is 0.461 e. The van der Waals surface area contributed by atoms with Crippen molar-refractivity contribution in [2.45, 2.75) is 54.1 Å². The van der Waals surface area contributed by atoms with E-state index < -0.39 is 12.5 Å². The molecule has 0 spiro atoms. The summed E-state index contributed by atoms with van der Waals surface area (Å²) in [5, 5.41) is 0. The lowest BCUT2D eigenvalue weighted by Gasteiger charge is -2.17. The zero-order chi connectivity index (χ0) is 17.5. The van der Waals surface area contributed by atoms with Gasteiger partial charge in [-0.15, -0.1) is 6.58 Å². The molecule has 124 valence electrons. The van der Waals surface area contributed by atoms with Crippen LogP contribution in [0.25, 0.3) is 0 Å². The molecule has 5 heteroatoms. The van der Waals surface area contributed by atoms with Gasteiger partial charge in [0.2, 0.25) is 0 Å². The van der Waals surface area contributed by atoms with E-state index in [1.165, 1.54) is 25.1 Å². The van der Waals surface area contributed by atoms with Crippen LogP contribution < -0.4 is 4.74 Å². The summed E-state index contributed by atoms with van der Waals surface area (Å²) in [4.78, 5) is 0. The number of rotatable bonds is 3. The van der Waals surface area contributed by atoms with E-state index in [0.717, 1.165) is 0 Å². The van der Waals surface area contributed by atoms with Gasteiger partial charge in [-0.05, 0) is 25.5 Å². The first-order valence-corrected chi connectivity index (χ1v) is 6.82. The second-order valence-electron chi connectivity index (χ2n) is 3.14. The van der Waals surface area contributed by atoms with Crippen LogP contribution in [0.3, 0.4) is 0 Å². The van der Waals surface area contributed by atoms with Crippen molar-refractivity contribution >= 4 is 0 Å². The highest BCUT2D eigenvalue weighted by Gasteiger charge is 2.44. The quantitative estimate of drug-likeness (QED) is 0.459. The molecule has 0 aliphatic heterocycles. The van der Waals surface area contributed by atoms with Gasteiger partial charge in [0.15, 0.2) is 0 Å². The van der Waals surface area contributed by atoms with E-state index >= 15 is 0 Å². The molecule has 0 radical (unpaired) electrons. The molecule has 0 heterocycles. The number of para-hydroxylation sites is 1. The molecule has 0 saturated heterocycles. The molecule has 0 unspecified atom stereocenters. The Kier molecular flexibility index (Phi) is 17.4. The fourth-order valence-electron chi connectivity index (χ4n) is 0.862.